The van der Waals surface area contributed by atoms with E-state index in [2.05, 4.69) is 39.5 Å². The van der Waals surface area contributed by atoms with Crippen LogP contribution in [0.5, 0.6) is 0 Å². The summed E-state index contributed by atoms with van der Waals surface area (Å²) in [6.45, 7) is 7.12. The SMILES string of the molecule is Cc1ccc(C(=O)N2CCc3ncnc(Nc4nc(C(C)C)cs4)c3C2)o1. The average Bonchev–Trinajstić information content (AvgIpc) is 3.30. The third kappa shape index (κ3) is 3.57. The molecule has 0 unspecified atom stereocenters. The van der Waals surface area contributed by atoms with E-state index in [0.717, 1.165) is 27.8 Å². The number of anilines is 2. The van der Waals surface area contributed by atoms with Crippen LogP contribution in [0.25, 0.3) is 0 Å². The van der Waals surface area contributed by atoms with Crippen LogP contribution in [-0.2, 0) is 13.0 Å². The molecule has 27 heavy (non-hydrogen) atoms. The predicted molar refractivity (Wildman–Crippen MR) is 103 cm³/mol. The Labute approximate surface area is 161 Å². The van der Waals surface area contributed by atoms with Crippen molar-refractivity contribution in [3.05, 3.63) is 52.3 Å². The fourth-order valence-corrected chi connectivity index (χ4v) is 3.91. The summed E-state index contributed by atoms with van der Waals surface area (Å²) in [5, 5.41) is 6.15. The molecule has 0 saturated heterocycles. The van der Waals surface area contributed by atoms with Gasteiger partial charge in [-0.15, -0.1) is 11.3 Å². The van der Waals surface area contributed by atoms with Gasteiger partial charge in [-0.05, 0) is 25.0 Å². The van der Waals surface area contributed by atoms with Gasteiger partial charge in [0, 0.05) is 23.9 Å². The number of aryl methyl sites for hydroxylation is 1. The van der Waals surface area contributed by atoms with Gasteiger partial charge in [-0.1, -0.05) is 13.8 Å². The third-order valence-corrected chi connectivity index (χ3v) is 5.36. The van der Waals surface area contributed by atoms with Crippen molar-refractivity contribution in [3.63, 3.8) is 0 Å². The summed E-state index contributed by atoms with van der Waals surface area (Å²) in [5.41, 5.74) is 2.95. The van der Waals surface area contributed by atoms with Gasteiger partial charge in [0.25, 0.3) is 5.91 Å². The number of furan rings is 1. The molecule has 140 valence electrons. The van der Waals surface area contributed by atoms with E-state index in [9.17, 15) is 4.79 Å². The first-order valence-electron chi connectivity index (χ1n) is 8.92. The van der Waals surface area contributed by atoms with Crippen LogP contribution in [0.4, 0.5) is 10.9 Å². The van der Waals surface area contributed by atoms with Crippen LogP contribution in [0.3, 0.4) is 0 Å². The Kier molecular flexibility index (Phi) is 4.65. The van der Waals surface area contributed by atoms with E-state index >= 15 is 0 Å². The first kappa shape index (κ1) is 17.7. The van der Waals surface area contributed by atoms with E-state index < -0.39 is 0 Å². The van der Waals surface area contributed by atoms with Gasteiger partial charge < -0.3 is 14.6 Å². The van der Waals surface area contributed by atoms with Gasteiger partial charge in [0.1, 0.15) is 17.9 Å². The highest BCUT2D eigenvalue weighted by Gasteiger charge is 2.27. The van der Waals surface area contributed by atoms with Crippen molar-refractivity contribution in [1.82, 2.24) is 19.9 Å². The van der Waals surface area contributed by atoms with E-state index in [1.807, 2.05) is 6.92 Å². The highest BCUT2D eigenvalue weighted by atomic mass is 32.1. The summed E-state index contributed by atoms with van der Waals surface area (Å²) in [6.07, 6.45) is 2.25. The molecule has 1 N–H and O–H groups in total. The molecule has 3 aromatic heterocycles. The summed E-state index contributed by atoms with van der Waals surface area (Å²) in [4.78, 5) is 27.9. The minimum Gasteiger partial charge on any atom is -0.456 e. The predicted octanol–water partition coefficient (Wildman–Crippen LogP) is 3.90. The number of carbonyl (C=O) groups is 1. The molecule has 3 aromatic rings. The molecule has 4 heterocycles. The molecule has 1 aliphatic heterocycles. The summed E-state index contributed by atoms with van der Waals surface area (Å²) < 4.78 is 5.49. The van der Waals surface area contributed by atoms with Gasteiger partial charge in [-0.2, -0.15) is 0 Å². The molecule has 1 amide bonds. The molecule has 0 bridgehead atoms. The first-order chi connectivity index (χ1) is 13.0. The van der Waals surface area contributed by atoms with Crippen molar-refractivity contribution in [3.8, 4) is 0 Å². The summed E-state index contributed by atoms with van der Waals surface area (Å²) in [7, 11) is 0. The largest absolute Gasteiger partial charge is 0.456 e. The van der Waals surface area contributed by atoms with Crippen LogP contribution in [0.1, 0.15) is 53.0 Å². The number of fused-ring (bicyclic) bond motifs is 1. The van der Waals surface area contributed by atoms with Gasteiger partial charge in [0.15, 0.2) is 10.9 Å². The number of thiazole rings is 1. The number of aromatic nitrogens is 3. The first-order valence-corrected chi connectivity index (χ1v) is 9.80. The monoisotopic (exact) mass is 383 g/mol. The minimum absolute atomic E-state index is 0.111. The Morgan fingerprint density at radius 3 is 2.89 bits per heavy atom. The number of carbonyl (C=O) groups excluding carboxylic acids is 1. The van der Waals surface area contributed by atoms with E-state index in [1.165, 1.54) is 0 Å². The smallest absolute Gasteiger partial charge is 0.289 e. The van der Waals surface area contributed by atoms with Crippen LogP contribution in [-0.4, -0.2) is 32.3 Å². The summed E-state index contributed by atoms with van der Waals surface area (Å²) in [5.74, 6) is 2.06. The van der Waals surface area contributed by atoms with Gasteiger partial charge in [-0.25, -0.2) is 15.0 Å². The van der Waals surface area contributed by atoms with Gasteiger partial charge in [0.2, 0.25) is 0 Å². The Morgan fingerprint density at radius 2 is 2.19 bits per heavy atom. The summed E-state index contributed by atoms with van der Waals surface area (Å²) >= 11 is 1.55. The zero-order valence-corrected chi connectivity index (χ0v) is 16.3. The number of hydrogen-bond donors (Lipinski definition) is 1. The fraction of sp³-hybridized carbons (Fsp3) is 0.368. The number of nitrogens with one attached hydrogen (secondary N) is 1. The van der Waals surface area contributed by atoms with E-state index in [1.54, 1.807) is 34.7 Å². The quantitative estimate of drug-likeness (QED) is 0.735. The molecule has 1 aliphatic rings. The average molecular weight is 383 g/mol. The van der Waals surface area contributed by atoms with Crippen LogP contribution >= 0.6 is 11.3 Å². The molecular weight excluding hydrogens is 362 g/mol. The second-order valence-electron chi connectivity index (χ2n) is 6.89. The number of nitrogens with zero attached hydrogens (tertiary/aromatic N) is 4. The normalized spacial score (nSPS) is 13.7. The summed E-state index contributed by atoms with van der Waals surface area (Å²) in [6, 6.07) is 3.52. The van der Waals surface area contributed by atoms with Crippen molar-refractivity contribution in [2.75, 3.05) is 11.9 Å². The highest BCUT2D eigenvalue weighted by Crippen LogP contribution is 2.29. The van der Waals surface area contributed by atoms with Crippen LogP contribution in [0, 0.1) is 6.92 Å². The van der Waals surface area contributed by atoms with Crippen molar-refractivity contribution in [2.24, 2.45) is 0 Å². The molecule has 0 radical (unpaired) electrons. The molecule has 0 fully saturated rings. The Balaban J connectivity index is 1.57. The van der Waals surface area contributed by atoms with Crippen molar-refractivity contribution in [2.45, 2.75) is 39.7 Å². The lowest BCUT2D eigenvalue weighted by Crippen LogP contribution is -2.36. The standard InChI is InChI=1S/C19H21N5O2S/c1-11(2)15-9-27-19(22-15)23-17-13-8-24(7-6-14(13)20-10-21-17)18(25)16-5-4-12(3)26-16/h4-5,9-11H,6-8H2,1-3H3,(H,20,21,22,23). The maximum Gasteiger partial charge on any atom is 0.289 e. The molecular formula is C19H21N5O2S. The number of amides is 1. The van der Waals surface area contributed by atoms with E-state index in [-0.39, 0.29) is 5.91 Å². The van der Waals surface area contributed by atoms with Gasteiger partial charge in [0.05, 0.1) is 17.9 Å². The lowest BCUT2D eigenvalue weighted by Gasteiger charge is -2.28. The van der Waals surface area contributed by atoms with Gasteiger partial charge >= 0.3 is 0 Å². The zero-order valence-electron chi connectivity index (χ0n) is 15.5. The molecule has 0 atom stereocenters. The Hall–Kier alpha value is -2.74. The Bertz CT molecular complexity index is 978. The maximum absolute atomic E-state index is 12.7. The van der Waals surface area contributed by atoms with E-state index in [4.69, 9.17) is 4.42 Å². The third-order valence-electron chi connectivity index (χ3n) is 4.58. The van der Waals surface area contributed by atoms with Gasteiger partial charge in [-0.3, -0.25) is 4.79 Å². The van der Waals surface area contributed by atoms with Crippen LogP contribution in [0.2, 0.25) is 0 Å². The molecule has 0 aromatic carbocycles. The Morgan fingerprint density at radius 1 is 1.33 bits per heavy atom. The maximum atomic E-state index is 12.7. The number of rotatable bonds is 4. The molecule has 8 heteroatoms. The second-order valence-corrected chi connectivity index (χ2v) is 7.75. The lowest BCUT2D eigenvalue weighted by atomic mass is 10.1. The van der Waals surface area contributed by atoms with Crippen LogP contribution in [0.15, 0.2) is 28.3 Å². The zero-order chi connectivity index (χ0) is 19.0. The lowest BCUT2D eigenvalue weighted by molar-refractivity contribution is 0.0700. The van der Waals surface area contributed by atoms with Crippen LogP contribution < -0.4 is 5.32 Å². The minimum atomic E-state index is -0.111. The van der Waals surface area contributed by atoms with Crippen molar-refractivity contribution >= 4 is 28.2 Å². The topological polar surface area (TPSA) is 84.2 Å². The number of hydrogen-bond acceptors (Lipinski definition) is 7. The molecule has 7 nitrogen and oxygen atoms in total. The highest BCUT2D eigenvalue weighted by molar-refractivity contribution is 7.13. The molecule has 0 saturated carbocycles. The second kappa shape index (κ2) is 7.11. The van der Waals surface area contributed by atoms with Crippen molar-refractivity contribution in [1.29, 1.82) is 0 Å². The fourth-order valence-electron chi connectivity index (χ4n) is 3.04. The van der Waals surface area contributed by atoms with Crippen molar-refractivity contribution < 1.29 is 9.21 Å². The van der Waals surface area contributed by atoms with E-state index in [0.29, 0.717) is 37.0 Å². The molecule has 4 rings (SSSR count). The molecule has 0 aliphatic carbocycles. The molecule has 0 spiro atoms.